The lowest BCUT2D eigenvalue weighted by molar-refractivity contribution is -0.161. The number of rotatable bonds is 55. The standard InChI is InChI=1S/C62H109O11P/c1-4-7-10-13-16-19-22-25-27-28-29-30-32-34-36-39-42-45-48-51-60(64)69-55-59(73-62(66)53-50-47-44-41-38-35-31-26-23-20-17-14-11-8-5-2)57-71-74(67,68)70-56-58(54-63)72-61(65)52-49-46-43-40-37-33-24-21-18-15-12-9-6-3/h8,11,16-17,19-20,25-27,31,38,41,58-59,63H,4-7,9-10,12-15,18,21-24,28-30,32-37,39-40,42-57H2,1-3H3,(H,67,68)/b11-8-,19-16-,20-17-,27-25-,31-26-,41-38-. The van der Waals surface area contributed by atoms with Crippen LogP contribution in [0.5, 0.6) is 0 Å². The molecule has 0 aromatic rings. The van der Waals surface area contributed by atoms with Crippen LogP contribution in [0.3, 0.4) is 0 Å². The van der Waals surface area contributed by atoms with E-state index in [9.17, 15) is 28.9 Å². The van der Waals surface area contributed by atoms with Gasteiger partial charge in [0.15, 0.2) is 6.10 Å². The quantitative estimate of drug-likeness (QED) is 0.0197. The van der Waals surface area contributed by atoms with Crippen LogP contribution in [0.2, 0.25) is 0 Å². The minimum Gasteiger partial charge on any atom is -0.462 e. The zero-order chi connectivity index (χ0) is 54.1. The average molecular weight is 1060 g/mol. The summed E-state index contributed by atoms with van der Waals surface area (Å²) in [6.45, 7) is 4.47. The van der Waals surface area contributed by atoms with E-state index in [4.69, 9.17) is 23.3 Å². The smallest absolute Gasteiger partial charge is 0.462 e. The number of carbonyl (C=O) groups is 3. The third-order valence-corrected chi connectivity index (χ3v) is 13.6. The van der Waals surface area contributed by atoms with Crippen LogP contribution in [-0.4, -0.2) is 66.5 Å². The second-order valence-electron chi connectivity index (χ2n) is 19.8. The number of phosphoric ester groups is 1. The van der Waals surface area contributed by atoms with Gasteiger partial charge in [0.25, 0.3) is 0 Å². The number of aliphatic hydroxyl groups is 1. The fourth-order valence-electron chi connectivity index (χ4n) is 8.08. The fourth-order valence-corrected chi connectivity index (χ4v) is 8.87. The van der Waals surface area contributed by atoms with Gasteiger partial charge in [-0.05, 0) is 89.9 Å². The van der Waals surface area contributed by atoms with Crippen LogP contribution in [-0.2, 0) is 42.2 Å². The Bertz CT molecular complexity index is 1520. The van der Waals surface area contributed by atoms with Crippen molar-refractivity contribution in [3.63, 3.8) is 0 Å². The van der Waals surface area contributed by atoms with Crippen molar-refractivity contribution < 1.29 is 52.2 Å². The molecular weight excluding hydrogens is 952 g/mol. The van der Waals surface area contributed by atoms with E-state index in [0.717, 1.165) is 89.9 Å². The highest BCUT2D eigenvalue weighted by Crippen LogP contribution is 2.43. The molecule has 74 heavy (non-hydrogen) atoms. The number of ether oxygens (including phenoxy) is 3. The van der Waals surface area contributed by atoms with Crippen LogP contribution in [0.25, 0.3) is 0 Å². The first-order valence-electron chi connectivity index (χ1n) is 29.8. The molecule has 0 bridgehead atoms. The van der Waals surface area contributed by atoms with E-state index < -0.39 is 57.8 Å². The molecule has 0 aliphatic rings. The van der Waals surface area contributed by atoms with Gasteiger partial charge in [-0.15, -0.1) is 0 Å². The molecule has 11 nitrogen and oxygen atoms in total. The van der Waals surface area contributed by atoms with Crippen molar-refractivity contribution in [2.45, 2.75) is 277 Å². The summed E-state index contributed by atoms with van der Waals surface area (Å²) in [7, 11) is -4.76. The van der Waals surface area contributed by atoms with E-state index in [-0.39, 0.29) is 25.9 Å². The Hall–Kier alpha value is -3.08. The first kappa shape index (κ1) is 70.9. The summed E-state index contributed by atoms with van der Waals surface area (Å²) < 4.78 is 39.5. The lowest BCUT2D eigenvalue weighted by Gasteiger charge is -2.21. The van der Waals surface area contributed by atoms with Gasteiger partial charge in [0.1, 0.15) is 12.7 Å². The summed E-state index contributed by atoms with van der Waals surface area (Å²) in [6, 6.07) is 0. The number of unbranched alkanes of at least 4 members (excludes halogenated alkanes) is 26. The zero-order valence-corrected chi connectivity index (χ0v) is 48.2. The van der Waals surface area contributed by atoms with Crippen LogP contribution >= 0.6 is 7.82 Å². The van der Waals surface area contributed by atoms with Crippen molar-refractivity contribution in [3.05, 3.63) is 72.9 Å². The van der Waals surface area contributed by atoms with Gasteiger partial charge in [-0.2, -0.15) is 0 Å². The molecule has 12 heteroatoms. The van der Waals surface area contributed by atoms with Gasteiger partial charge in [-0.1, -0.05) is 229 Å². The Morgan fingerprint density at radius 2 is 0.703 bits per heavy atom. The number of aliphatic hydroxyl groups excluding tert-OH is 1. The molecule has 3 atom stereocenters. The Morgan fingerprint density at radius 3 is 1.14 bits per heavy atom. The Balaban J connectivity index is 4.75. The number of hydrogen-bond acceptors (Lipinski definition) is 10. The first-order chi connectivity index (χ1) is 36.2. The van der Waals surface area contributed by atoms with E-state index in [1.807, 2.05) is 0 Å². The molecule has 2 N–H and O–H groups in total. The molecule has 0 heterocycles. The molecule has 0 spiro atoms. The predicted molar refractivity (Wildman–Crippen MR) is 307 cm³/mol. The second kappa shape index (κ2) is 56.1. The third-order valence-electron chi connectivity index (χ3n) is 12.6. The highest BCUT2D eigenvalue weighted by Gasteiger charge is 2.28. The van der Waals surface area contributed by atoms with Crippen molar-refractivity contribution in [1.29, 1.82) is 0 Å². The molecule has 0 aliphatic heterocycles. The highest BCUT2D eigenvalue weighted by atomic mass is 31.2. The summed E-state index contributed by atoms with van der Waals surface area (Å²) in [6.07, 6.45) is 62.9. The SMILES string of the molecule is CC/C=C\C/C=C\C/C=C\C/C=C\CCCCC(=O)OC(COC(=O)CCCCCCCCCCC/C=C\C/C=C\CCCCC)COP(=O)(O)OCC(CO)OC(=O)CCCCCCCCCCCCCCC. The van der Waals surface area contributed by atoms with E-state index >= 15 is 0 Å². The summed E-state index contributed by atoms with van der Waals surface area (Å²) in [4.78, 5) is 48.6. The number of esters is 3. The van der Waals surface area contributed by atoms with Crippen molar-refractivity contribution in [3.8, 4) is 0 Å². The maximum absolute atomic E-state index is 12.9. The molecule has 0 amide bonds. The van der Waals surface area contributed by atoms with Gasteiger partial charge in [0.2, 0.25) is 0 Å². The van der Waals surface area contributed by atoms with Crippen molar-refractivity contribution in [2.75, 3.05) is 26.4 Å². The zero-order valence-electron chi connectivity index (χ0n) is 47.3. The lowest BCUT2D eigenvalue weighted by atomic mass is 10.0. The van der Waals surface area contributed by atoms with E-state index in [2.05, 4.69) is 93.7 Å². The van der Waals surface area contributed by atoms with Gasteiger partial charge in [0, 0.05) is 19.3 Å². The molecule has 0 aliphatic carbocycles. The normalized spacial score (nSPS) is 13.9. The number of phosphoric acid groups is 1. The van der Waals surface area contributed by atoms with Gasteiger partial charge < -0.3 is 24.2 Å². The Morgan fingerprint density at radius 1 is 0.392 bits per heavy atom. The maximum atomic E-state index is 12.9. The lowest BCUT2D eigenvalue weighted by Crippen LogP contribution is -2.30. The molecule has 0 saturated heterocycles. The van der Waals surface area contributed by atoms with E-state index in [1.54, 1.807) is 0 Å². The molecule has 0 rings (SSSR count). The second-order valence-corrected chi connectivity index (χ2v) is 21.2. The molecule has 0 aromatic carbocycles. The van der Waals surface area contributed by atoms with Gasteiger partial charge in [0.05, 0.1) is 19.8 Å². The summed E-state index contributed by atoms with van der Waals surface area (Å²) in [5.41, 5.74) is 0. The predicted octanol–water partition coefficient (Wildman–Crippen LogP) is 17.7. The van der Waals surface area contributed by atoms with Crippen LogP contribution < -0.4 is 0 Å². The van der Waals surface area contributed by atoms with Crippen LogP contribution in [0.15, 0.2) is 72.9 Å². The van der Waals surface area contributed by atoms with Crippen molar-refractivity contribution in [1.82, 2.24) is 0 Å². The minimum atomic E-state index is -4.76. The number of allylic oxidation sites excluding steroid dienone is 12. The molecular formula is C62H109O11P. The number of carbonyl (C=O) groups excluding carboxylic acids is 3. The third kappa shape index (κ3) is 53.7. The molecule has 0 fully saturated rings. The topological polar surface area (TPSA) is 155 Å². The van der Waals surface area contributed by atoms with E-state index in [1.165, 1.54) is 116 Å². The average Bonchev–Trinajstić information content (AvgIpc) is 3.39. The first-order valence-corrected chi connectivity index (χ1v) is 31.3. The molecule has 428 valence electrons. The van der Waals surface area contributed by atoms with Gasteiger partial charge in [-0.3, -0.25) is 23.4 Å². The highest BCUT2D eigenvalue weighted by molar-refractivity contribution is 7.47. The minimum absolute atomic E-state index is 0.114. The Kier molecular flexibility index (Phi) is 53.8. The number of hydrogen-bond donors (Lipinski definition) is 2. The molecule has 3 unspecified atom stereocenters. The van der Waals surface area contributed by atoms with Crippen LogP contribution in [0, 0.1) is 0 Å². The summed E-state index contributed by atoms with van der Waals surface area (Å²) in [5.74, 6) is -1.51. The van der Waals surface area contributed by atoms with Crippen LogP contribution in [0.1, 0.15) is 265 Å². The summed E-state index contributed by atoms with van der Waals surface area (Å²) >= 11 is 0. The van der Waals surface area contributed by atoms with Gasteiger partial charge >= 0.3 is 25.7 Å². The fraction of sp³-hybridized carbons (Fsp3) is 0.758. The largest absolute Gasteiger partial charge is 0.472 e. The molecule has 0 radical (unpaired) electrons. The van der Waals surface area contributed by atoms with Crippen molar-refractivity contribution in [2.24, 2.45) is 0 Å². The van der Waals surface area contributed by atoms with Gasteiger partial charge in [-0.25, -0.2) is 4.57 Å². The monoisotopic (exact) mass is 1060 g/mol. The van der Waals surface area contributed by atoms with Crippen LogP contribution in [0.4, 0.5) is 0 Å². The Labute approximate surface area is 452 Å². The summed E-state index contributed by atoms with van der Waals surface area (Å²) in [5, 5.41) is 9.81. The van der Waals surface area contributed by atoms with E-state index in [0.29, 0.717) is 19.3 Å². The van der Waals surface area contributed by atoms with Crippen molar-refractivity contribution >= 4 is 25.7 Å². The molecule has 0 aromatic heterocycles. The maximum Gasteiger partial charge on any atom is 0.472 e. The molecule has 0 saturated carbocycles.